The molecule has 1 N–H and O–H groups in total. The summed E-state index contributed by atoms with van der Waals surface area (Å²) in [4.78, 5) is 13.6. The SMILES string of the molecule is Cc1ccc(CCC(=O)N(C)C(C)(C)CO)cc1. The Morgan fingerprint density at radius 3 is 2.33 bits per heavy atom. The van der Waals surface area contributed by atoms with Gasteiger partial charge in [0.25, 0.3) is 0 Å². The number of nitrogens with zero attached hydrogens (tertiary/aromatic N) is 1. The highest BCUT2D eigenvalue weighted by molar-refractivity contribution is 5.77. The molecule has 0 atom stereocenters. The van der Waals surface area contributed by atoms with Gasteiger partial charge in [0.1, 0.15) is 0 Å². The second-order valence-corrected chi connectivity index (χ2v) is 5.41. The molecule has 0 heterocycles. The molecule has 1 aromatic rings. The lowest BCUT2D eigenvalue weighted by Gasteiger charge is -2.34. The quantitative estimate of drug-likeness (QED) is 0.868. The fourth-order valence-electron chi connectivity index (χ4n) is 1.62. The van der Waals surface area contributed by atoms with E-state index in [1.807, 2.05) is 20.8 Å². The number of hydrogen-bond acceptors (Lipinski definition) is 2. The average molecular weight is 249 g/mol. The second kappa shape index (κ2) is 6.01. The third kappa shape index (κ3) is 3.84. The topological polar surface area (TPSA) is 40.5 Å². The summed E-state index contributed by atoms with van der Waals surface area (Å²) in [7, 11) is 1.74. The van der Waals surface area contributed by atoms with Gasteiger partial charge in [-0.15, -0.1) is 0 Å². The fourth-order valence-corrected chi connectivity index (χ4v) is 1.62. The van der Waals surface area contributed by atoms with Crippen LogP contribution in [0.15, 0.2) is 24.3 Å². The number of aryl methyl sites for hydroxylation is 2. The molecule has 0 aromatic heterocycles. The zero-order chi connectivity index (χ0) is 13.8. The first kappa shape index (κ1) is 14.7. The number of benzene rings is 1. The van der Waals surface area contributed by atoms with Crippen LogP contribution in [0.3, 0.4) is 0 Å². The molecule has 18 heavy (non-hydrogen) atoms. The first-order valence-corrected chi connectivity index (χ1v) is 6.30. The van der Waals surface area contributed by atoms with Gasteiger partial charge >= 0.3 is 0 Å². The first-order valence-electron chi connectivity index (χ1n) is 6.30. The van der Waals surface area contributed by atoms with E-state index in [0.717, 1.165) is 6.42 Å². The number of aliphatic hydroxyl groups is 1. The monoisotopic (exact) mass is 249 g/mol. The number of likely N-dealkylation sites (N-methyl/N-ethyl adjacent to an activating group) is 1. The highest BCUT2D eigenvalue weighted by atomic mass is 16.3. The van der Waals surface area contributed by atoms with Crippen LogP contribution in [-0.2, 0) is 11.2 Å². The normalized spacial score (nSPS) is 11.4. The van der Waals surface area contributed by atoms with Gasteiger partial charge in [-0.1, -0.05) is 29.8 Å². The molecule has 100 valence electrons. The van der Waals surface area contributed by atoms with E-state index in [2.05, 4.69) is 24.3 Å². The van der Waals surface area contributed by atoms with Crippen molar-refractivity contribution in [3.8, 4) is 0 Å². The summed E-state index contributed by atoms with van der Waals surface area (Å²) in [6.07, 6.45) is 1.22. The fraction of sp³-hybridized carbons (Fsp3) is 0.533. The van der Waals surface area contributed by atoms with Crippen molar-refractivity contribution in [2.75, 3.05) is 13.7 Å². The molecule has 0 saturated heterocycles. The van der Waals surface area contributed by atoms with Gasteiger partial charge in [0.05, 0.1) is 12.1 Å². The highest BCUT2D eigenvalue weighted by Crippen LogP contribution is 2.14. The molecule has 0 aliphatic heterocycles. The minimum absolute atomic E-state index is 0.0280. The Kier molecular flexibility index (Phi) is 4.91. The predicted octanol–water partition coefficient (Wildman–Crippen LogP) is 2.16. The van der Waals surface area contributed by atoms with Gasteiger partial charge in [-0.2, -0.15) is 0 Å². The Hall–Kier alpha value is -1.35. The van der Waals surface area contributed by atoms with Crippen LogP contribution in [0, 0.1) is 6.92 Å². The van der Waals surface area contributed by atoms with Crippen molar-refractivity contribution in [2.45, 2.75) is 39.2 Å². The lowest BCUT2D eigenvalue weighted by atomic mass is 10.0. The molecule has 0 bridgehead atoms. The second-order valence-electron chi connectivity index (χ2n) is 5.41. The van der Waals surface area contributed by atoms with Gasteiger partial charge < -0.3 is 10.0 Å². The lowest BCUT2D eigenvalue weighted by Crippen LogP contribution is -2.47. The molecular formula is C15H23NO2. The molecule has 0 aliphatic rings. The van der Waals surface area contributed by atoms with E-state index in [-0.39, 0.29) is 12.5 Å². The number of rotatable bonds is 5. The summed E-state index contributed by atoms with van der Waals surface area (Å²) in [6.45, 7) is 5.74. The summed E-state index contributed by atoms with van der Waals surface area (Å²) in [5.74, 6) is 0.0645. The van der Waals surface area contributed by atoms with Crippen LogP contribution in [-0.4, -0.2) is 35.1 Å². The van der Waals surface area contributed by atoms with Crippen molar-refractivity contribution in [3.05, 3.63) is 35.4 Å². The van der Waals surface area contributed by atoms with Crippen LogP contribution in [0.25, 0.3) is 0 Å². The zero-order valence-electron chi connectivity index (χ0n) is 11.7. The van der Waals surface area contributed by atoms with E-state index in [4.69, 9.17) is 0 Å². The van der Waals surface area contributed by atoms with Crippen molar-refractivity contribution < 1.29 is 9.90 Å². The zero-order valence-corrected chi connectivity index (χ0v) is 11.7. The van der Waals surface area contributed by atoms with E-state index in [0.29, 0.717) is 6.42 Å². The molecule has 1 amide bonds. The summed E-state index contributed by atoms with van der Waals surface area (Å²) < 4.78 is 0. The molecular weight excluding hydrogens is 226 g/mol. The molecule has 0 radical (unpaired) electrons. The number of carbonyl (C=O) groups excluding carboxylic acids is 1. The average Bonchev–Trinajstić information content (AvgIpc) is 2.36. The van der Waals surface area contributed by atoms with Gasteiger partial charge in [-0.05, 0) is 32.8 Å². The maximum atomic E-state index is 12.0. The molecule has 0 fully saturated rings. The van der Waals surface area contributed by atoms with E-state index in [9.17, 15) is 9.90 Å². The molecule has 1 rings (SSSR count). The minimum atomic E-state index is -0.496. The summed E-state index contributed by atoms with van der Waals surface area (Å²) in [5.41, 5.74) is 1.90. The van der Waals surface area contributed by atoms with E-state index in [1.165, 1.54) is 11.1 Å². The van der Waals surface area contributed by atoms with Crippen molar-refractivity contribution in [1.82, 2.24) is 4.90 Å². The van der Waals surface area contributed by atoms with Crippen LogP contribution in [0.1, 0.15) is 31.4 Å². The molecule has 0 aliphatic carbocycles. The van der Waals surface area contributed by atoms with Crippen molar-refractivity contribution in [2.24, 2.45) is 0 Å². The Balaban J connectivity index is 2.53. The van der Waals surface area contributed by atoms with Gasteiger partial charge in [0.15, 0.2) is 0 Å². The van der Waals surface area contributed by atoms with Gasteiger partial charge in [0, 0.05) is 13.5 Å². The lowest BCUT2D eigenvalue weighted by molar-refractivity contribution is -0.135. The van der Waals surface area contributed by atoms with E-state index < -0.39 is 5.54 Å². The Labute approximate surface area is 109 Å². The molecule has 0 spiro atoms. The van der Waals surface area contributed by atoms with Crippen LogP contribution in [0.2, 0.25) is 0 Å². The molecule has 0 unspecified atom stereocenters. The third-order valence-electron chi connectivity index (χ3n) is 3.42. The highest BCUT2D eigenvalue weighted by Gasteiger charge is 2.26. The summed E-state index contributed by atoms with van der Waals surface area (Å²) in [5, 5.41) is 9.24. The Morgan fingerprint density at radius 2 is 1.83 bits per heavy atom. The molecule has 3 nitrogen and oxygen atoms in total. The van der Waals surface area contributed by atoms with Crippen LogP contribution < -0.4 is 0 Å². The molecule has 3 heteroatoms. The summed E-state index contributed by atoms with van der Waals surface area (Å²) >= 11 is 0. The predicted molar refractivity (Wildman–Crippen MR) is 73.4 cm³/mol. The molecule has 1 aromatic carbocycles. The number of carbonyl (C=O) groups is 1. The smallest absolute Gasteiger partial charge is 0.223 e. The van der Waals surface area contributed by atoms with Gasteiger partial charge in [-0.25, -0.2) is 0 Å². The van der Waals surface area contributed by atoms with Crippen LogP contribution in [0.4, 0.5) is 0 Å². The van der Waals surface area contributed by atoms with Gasteiger partial charge in [0.2, 0.25) is 5.91 Å². The third-order valence-corrected chi connectivity index (χ3v) is 3.42. The maximum Gasteiger partial charge on any atom is 0.223 e. The largest absolute Gasteiger partial charge is 0.394 e. The number of hydrogen-bond donors (Lipinski definition) is 1. The minimum Gasteiger partial charge on any atom is -0.394 e. The maximum absolute atomic E-state index is 12.0. The Bertz CT molecular complexity index is 395. The first-order chi connectivity index (χ1) is 8.36. The van der Waals surface area contributed by atoms with E-state index >= 15 is 0 Å². The van der Waals surface area contributed by atoms with Crippen molar-refractivity contribution in [3.63, 3.8) is 0 Å². The van der Waals surface area contributed by atoms with Crippen LogP contribution in [0.5, 0.6) is 0 Å². The van der Waals surface area contributed by atoms with Gasteiger partial charge in [-0.3, -0.25) is 4.79 Å². The number of aliphatic hydroxyl groups excluding tert-OH is 1. The molecule has 0 saturated carbocycles. The van der Waals surface area contributed by atoms with Crippen molar-refractivity contribution >= 4 is 5.91 Å². The van der Waals surface area contributed by atoms with E-state index in [1.54, 1.807) is 11.9 Å². The summed E-state index contributed by atoms with van der Waals surface area (Å²) in [6, 6.07) is 8.22. The standard InChI is InChI=1S/C15H23NO2/c1-12-5-7-13(8-6-12)9-10-14(18)16(4)15(2,3)11-17/h5-8,17H,9-11H2,1-4H3. The number of amides is 1. The van der Waals surface area contributed by atoms with Crippen molar-refractivity contribution in [1.29, 1.82) is 0 Å². The van der Waals surface area contributed by atoms with Crippen LogP contribution >= 0.6 is 0 Å². The Morgan fingerprint density at radius 1 is 1.28 bits per heavy atom.